The van der Waals surface area contributed by atoms with Crippen LogP contribution in [-0.4, -0.2) is 37.3 Å². The number of hydrazine groups is 1. The van der Waals surface area contributed by atoms with Gasteiger partial charge in [0.2, 0.25) is 0 Å². The normalized spacial score (nSPS) is 19.6. The van der Waals surface area contributed by atoms with Gasteiger partial charge in [-0.25, -0.2) is 25.2 Å². The number of ether oxygens (including phenoxy) is 2. The van der Waals surface area contributed by atoms with E-state index in [1.54, 1.807) is 6.07 Å². The van der Waals surface area contributed by atoms with Gasteiger partial charge in [0.15, 0.2) is 0 Å². The summed E-state index contributed by atoms with van der Waals surface area (Å²) in [4.78, 5) is 8.83. The number of alkyl halides is 3. The molecule has 0 bridgehead atoms. The molecule has 2 aromatic carbocycles. The monoisotopic (exact) mass is 532 g/mol. The maximum atomic E-state index is 13.7. The maximum Gasteiger partial charge on any atom is 0.419 e. The number of halogens is 6. The van der Waals surface area contributed by atoms with Crippen molar-refractivity contribution in [3.05, 3.63) is 69.0 Å². The predicted octanol–water partition coefficient (Wildman–Crippen LogP) is 5.32. The second kappa shape index (κ2) is 10.9. The maximum absolute atomic E-state index is 13.7. The molecule has 0 spiro atoms. The fourth-order valence-electron chi connectivity index (χ4n) is 3.74. The summed E-state index contributed by atoms with van der Waals surface area (Å²) < 4.78 is 62.8. The lowest BCUT2D eigenvalue weighted by Crippen LogP contribution is -2.41. The number of hydrogen-bond acceptors (Lipinski definition) is 6. The first-order valence-electron chi connectivity index (χ1n) is 10.9. The van der Waals surface area contributed by atoms with Gasteiger partial charge in [-0.15, -0.1) is 0 Å². The molecule has 0 fully saturated rings. The van der Waals surface area contributed by atoms with Gasteiger partial charge in [0.25, 0.3) is 0 Å². The quantitative estimate of drug-likeness (QED) is 0.390. The third kappa shape index (κ3) is 7.14. The molecule has 2 aliphatic heterocycles. The predicted molar refractivity (Wildman–Crippen MR) is 125 cm³/mol. The Balaban J connectivity index is 1.21. The average molecular weight is 533 g/mol. The largest absolute Gasteiger partial charge is 0.462 e. The topological polar surface area (TPSA) is 67.2 Å². The highest BCUT2D eigenvalue weighted by Crippen LogP contribution is 2.32. The van der Waals surface area contributed by atoms with Crippen LogP contribution >= 0.6 is 23.2 Å². The van der Waals surface area contributed by atoms with E-state index in [-0.39, 0.29) is 18.1 Å². The van der Waals surface area contributed by atoms with Crippen LogP contribution in [0.15, 0.2) is 46.4 Å². The van der Waals surface area contributed by atoms with E-state index in [0.29, 0.717) is 47.7 Å². The summed E-state index contributed by atoms with van der Waals surface area (Å²) in [6.07, 6.45) is -2.35. The van der Waals surface area contributed by atoms with Crippen LogP contribution in [0, 0.1) is 5.82 Å². The number of aryl methyl sites for hydroxylation is 2. The van der Waals surface area contributed by atoms with E-state index in [0.717, 1.165) is 30.5 Å². The van der Waals surface area contributed by atoms with Gasteiger partial charge < -0.3 is 9.47 Å². The molecule has 0 radical (unpaired) electrons. The third-order valence-electron chi connectivity index (χ3n) is 5.49. The SMILES string of the molecule is Fc1cc(CCC2COC(NNC3=NC(CCc4cc(Cl)cc(Cl)c4)CO3)=N2)ccc1C(F)(F)F. The van der Waals surface area contributed by atoms with Gasteiger partial charge in [-0.1, -0.05) is 29.3 Å². The zero-order valence-electron chi connectivity index (χ0n) is 18.3. The van der Waals surface area contributed by atoms with Crippen molar-refractivity contribution in [1.29, 1.82) is 0 Å². The highest BCUT2D eigenvalue weighted by molar-refractivity contribution is 6.34. The van der Waals surface area contributed by atoms with Crippen molar-refractivity contribution >= 4 is 35.2 Å². The smallest absolute Gasteiger partial charge is 0.419 e. The standard InChI is InChI=1S/C23H22Cl2F4N4O2/c24-15-7-14(8-16(25)10-15)2-5-18-12-35-22(31-18)33-32-21-30-17(11-34-21)4-1-13-3-6-19(20(26)9-13)23(27,28)29/h3,6-10,17-18H,1-2,4-5,11-12H2,(H,30,32)(H,31,33). The Hall–Kier alpha value is -2.72. The lowest BCUT2D eigenvalue weighted by molar-refractivity contribution is -0.140. The van der Waals surface area contributed by atoms with Crippen molar-refractivity contribution in [2.24, 2.45) is 9.98 Å². The molecule has 6 nitrogen and oxygen atoms in total. The summed E-state index contributed by atoms with van der Waals surface area (Å²) in [5.74, 6) is -1.28. The minimum absolute atomic E-state index is 0.0274. The van der Waals surface area contributed by atoms with Crippen LogP contribution in [0.2, 0.25) is 10.0 Å². The highest BCUT2D eigenvalue weighted by atomic mass is 35.5. The molecule has 0 saturated heterocycles. The summed E-state index contributed by atoms with van der Waals surface area (Å²) in [6, 6.07) is 8.69. The molecule has 2 atom stereocenters. The number of nitrogens with one attached hydrogen (secondary N) is 2. The number of nitrogens with zero attached hydrogens (tertiary/aromatic N) is 2. The summed E-state index contributed by atoms with van der Waals surface area (Å²) in [6.45, 7) is 0.725. The minimum atomic E-state index is -4.71. The minimum Gasteiger partial charge on any atom is -0.462 e. The molecule has 2 aromatic rings. The van der Waals surface area contributed by atoms with Crippen LogP contribution in [0.1, 0.15) is 29.5 Å². The van der Waals surface area contributed by atoms with Gasteiger partial charge >= 0.3 is 18.2 Å². The molecule has 0 aromatic heterocycles. The fraction of sp³-hybridized carbons (Fsp3) is 0.391. The van der Waals surface area contributed by atoms with Crippen molar-refractivity contribution < 1.29 is 27.0 Å². The van der Waals surface area contributed by atoms with E-state index in [4.69, 9.17) is 32.7 Å². The van der Waals surface area contributed by atoms with Gasteiger partial charge in [0, 0.05) is 10.0 Å². The van der Waals surface area contributed by atoms with Gasteiger partial charge in [0.1, 0.15) is 19.0 Å². The number of aliphatic imine (C=N–C) groups is 2. The summed E-state index contributed by atoms with van der Waals surface area (Å²) in [5, 5.41) is 1.18. The molecule has 0 amide bonds. The zero-order chi connectivity index (χ0) is 25.0. The highest BCUT2D eigenvalue weighted by Gasteiger charge is 2.34. The summed E-state index contributed by atoms with van der Waals surface area (Å²) in [5.41, 5.74) is 5.83. The van der Waals surface area contributed by atoms with E-state index < -0.39 is 17.6 Å². The molecule has 2 N–H and O–H groups in total. The lowest BCUT2D eigenvalue weighted by atomic mass is 10.0. The van der Waals surface area contributed by atoms with E-state index in [1.807, 2.05) is 12.1 Å². The zero-order valence-corrected chi connectivity index (χ0v) is 19.9. The van der Waals surface area contributed by atoms with Crippen molar-refractivity contribution in [3.8, 4) is 0 Å². The van der Waals surface area contributed by atoms with Crippen molar-refractivity contribution in [1.82, 2.24) is 10.9 Å². The first kappa shape index (κ1) is 25.4. The van der Waals surface area contributed by atoms with Gasteiger partial charge in [0.05, 0.1) is 17.6 Å². The van der Waals surface area contributed by atoms with E-state index in [1.165, 1.54) is 6.07 Å². The van der Waals surface area contributed by atoms with Crippen LogP contribution in [0.25, 0.3) is 0 Å². The first-order chi connectivity index (χ1) is 16.7. The Bertz CT molecular complexity index is 1110. The Morgan fingerprint density at radius 1 is 0.829 bits per heavy atom. The van der Waals surface area contributed by atoms with Gasteiger partial charge in [-0.3, -0.25) is 0 Å². The molecule has 0 saturated carbocycles. The Morgan fingerprint density at radius 3 is 1.89 bits per heavy atom. The van der Waals surface area contributed by atoms with Crippen LogP contribution in [0.5, 0.6) is 0 Å². The molecule has 2 heterocycles. The molecule has 12 heteroatoms. The fourth-order valence-corrected chi connectivity index (χ4v) is 4.31. The molecule has 2 aliphatic rings. The van der Waals surface area contributed by atoms with Crippen LogP contribution < -0.4 is 10.9 Å². The molecule has 0 aliphatic carbocycles. The molecular weight excluding hydrogens is 511 g/mol. The lowest BCUT2D eigenvalue weighted by Gasteiger charge is -2.10. The summed E-state index contributed by atoms with van der Waals surface area (Å²) in [7, 11) is 0. The molecule has 35 heavy (non-hydrogen) atoms. The second-order valence-corrected chi connectivity index (χ2v) is 9.09. The van der Waals surface area contributed by atoms with Crippen molar-refractivity contribution in [2.75, 3.05) is 13.2 Å². The van der Waals surface area contributed by atoms with E-state index >= 15 is 0 Å². The van der Waals surface area contributed by atoms with Crippen LogP contribution in [-0.2, 0) is 28.5 Å². The average Bonchev–Trinajstić information content (AvgIpc) is 3.42. The third-order valence-corrected chi connectivity index (χ3v) is 5.93. The van der Waals surface area contributed by atoms with Gasteiger partial charge in [-0.05, 0) is 67.1 Å². The number of benzene rings is 2. The molecule has 2 unspecified atom stereocenters. The van der Waals surface area contributed by atoms with Crippen LogP contribution in [0.3, 0.4) is 0 Å². The summed E-state index contributed by atoms with van der Waals surface area (Å²) >= 11 is 12.1. The molecular formula is C23H22Cl2F4N4O2. The number of amidine groups is 2. The Labute approximate surface area is 209 Å². The molecule has 188 valence electrons. The van der Waals surface area contributed by atoms with Gasteiger partial charge in [-0.2, -0.15) is 13.2 Å². The van der Waals surface area contributed by atoms with Crippen LogP contribution in [0.4, 0.5) is 17.6 Å². The molecule has 4 rings (SSSR count). The number of rotatable bonds is 6. The Kier molecular flexibility index (Phi) is 7.91. The first-order valence-corrected chi connectivity index (χ1v) is 11.6. The van der Waals surface area contributed by atoms with E-state index in [2.05, 4.69) is 20.8 Å². The number of hydrogen-bond donors (Lipinski definition) is 2. The van der Waals surface area contributed by atoms with Crippen molar-refractivity contribution in [2.45, 2.75) is 43.9 Å². The second-order valence-electron chi connectivity index (χ2n) is 8.22. The van der Waals surface area contributed by atoms with E-state index in [9.17, 15) is 17.6 Å². The Morgan fingerprint density at radius 2 is 1.37 bits per heavy atom. The van der Waals surface area contributed by atoms with Crippen molar-refractivity contribution in [3.63, 3.8) is 0 Å².